The summed E-state index contributed by atoms with van der Waals surface area (Å²) in [4.78, 5) is 4.93. The van der Waals surface area contributed by atoms with E-state index in [1.165, 1.54) is 23.7 Å². The fourth-order valence-electron chi connectivity index (χ4n) is 1.32. The molecule has 0 spiro atoms. The number of hydrogen-bond acceptors (Lipinski definition) is 7. The summed E-state index contributed by atoms with van der Waals surface area (Å²) < 4.78 is 26.4. The van der Waals surface area contributed by atoms with Gasteiger partial charge in [0, 0.05) is 16.8 Å². The molecule has 0 saturated carbocycles. The number of nitrogens with one attached hydrogen (secondary N) is 2. The van der Waals surface area contributed by atoms with Crippen LogP contribution in [0.2, 0.25) is 0 Å². The van der Waals surface area contributed by atoms with Crippen LogP contribution in [0.25, 0.3) is 0 Å². The zero-order chi connectivity index (χ0) is 13.7. The van der Waals surface area contributed by atoms with Gasteiger partial charge in [-0.05, 0) is 12.6 Å². The highest BCUT2D eigenvalue weighted by Crippen LogP contribution is 2.20. The summed E-state index contributed by atoms with van der Waals surface area (Å²) in [6.07, 6.45) is 2.74. The predicted octanol–water partition coefficient (Wildman–Crippen LogP) is 0.843. The first-order chi connectivity index (χ1) is 9.12. The van der Waals surface area contributed by atoms with Crippen molar-refractivity contribution in [2.75, 3.05) is 11.3 Å². The first-order valence-electron chi connectivity index (χ1n) is 5.56. The lowest BCUT2D eigenvalue weighted by Gasteiger charge is -2.02. The van der Waals surface area contributed by atoms with Crippen LogP contribution in [0.1, 0.15) is 11.8 Å². The molecule has 9 heteroatoms. The van der Waals surface area contributed by atoms with E-state index in [2.05, 4.69) is 25.2 Å². The van der Waals surface area contributed by atoms with Crippen molar-refractivity contribution in [3.63, 3.8) is 0 Å². The molecule has 0 aliphatic rings. The van der Waals surface area contributed by atoms with E-state index in [-0.39, 0.29) is 10.8 Å². The Morgan fingerprint density at radius 2 is 2.21 bits per heavy atom. The van der Waals surface area contributed by atoms with Crippen molar-refractivity contribution in [3.8, 4) is 0 Å². The van der Waals surface area contributed by atoms with Gasteiger partial charge in [0.05, 0.1) is 17.3 Å². The summed E-state index contributed by atoms with van der Waals surface area (Å²) in [6, 6.07) is 1.63. The third-order valence-corrected chi connectivity index (χ3v) is 4.59. The van der Waals surface area contributed by atoms with Crippen molar-refractivity contribution in [2.45, 2.75) is 18.4 Å². The van der Waals surface area contributed by atoms with E-state index < -0.39 is 10.0 Å². The molecule has 2 aromatic rings. The Kier molecular flexibility index (Phi) is 4.40. The van der Waals surface area contributed by atoms with Crippen molar-refractivity contribution in [1.29, 1.82) is 0 Å². The maximum Gasteiger partial charge on any atom is 0.265 e. The number of rotatable bonds is 6. The molecule has 0 aromatic carbocycles. The van der Waals surface area contributed by atoms with Crippen LogP contribution in [0.4, 0.5) is 5.95 Å². The number of hydrogen-bond donors (Lipinski definition) is 2. The van der Waals surface area contributed by atoms with Gasteiger partial charge in [-0.15, -0.1) is 16.4 Å². The number of nitrogens with zero attached hydrogens (tertiary/aromatic N) is 3. The smallest absolute Gasteiger partial charge is 0.265 e. The van der Waals surface area contributed by atoms with Crippen molar-refractivity contribution in [3.05, 3.63) is 28.7 Å². The molecule has 0 aliphatic heterocycles. The van der Waals surface area contributed by atoms with E-state index in [1.807, 2.05) is 6.92 Å². The van der Waals surface area contributed by atoms with Gasteiger partial charge in [-0.1, -0.05) is 6.92 Å². The molecular formula is C10H13N5O2S2. The summed E-state index contributed by atoms with van der Waals surface area (Å²) in [7, 11) is -3.65. The Morgan fingerprint density at radius 3 is 2.89 bits per heavy atom. The molecular weight excluding hydrogens is 286 g/mol. The van der Waals surface area contributed by atoms with Crippen molar-refractivity contribution < 1.29 is 8.42 Å². The lowest BCUT2D eigenvalue weighted by Crippen LogP contribution is -2.15. The Balaban J connectivity index is 2.13. The second-order valence-electron chi connectivity index (χ2n) is 3.60. The van der Waals surface area contributed by atoms with Crippen LogP contribution in [0.15, 0.2) is 28.7 Å². The average molecular weight is 299 g/mol. The maximum absolute atomic E-state index is 12.1. The fourth-order valence-corrected chi connectivity index (χ4v) is 3.51. The summed E-state index contributed by atoms with van der Waals surface area (Å²) in [6.45, 7) is 3.48. The number of anilines is 1. The van der Waals surface area contributed by atoms with Gasteiger partial charge in [0.2, 0.25) is 0 Å². The van der Waals surface area contributed by atoms with Crippen LogP contribution >= 0.6 is 11.3 Å². The molecule has 2 N–H and O–H groups in total. The van der Waals surface area contributed by atoms with Crippen LogP contribution in [-0.4, -0.2) is 30.1 Å². The molecule has 0 saturated heterocycles. The Hall–Kier alpha value is -1.58. The second kappa shape index (κ2) is 6.04. The van der Waals surface area contributed by atoms with Crippen LogP contribution in [0, 0.1) is 0 Å². The molecule has 0 fully saturated rings. The standard InChI is InChI=1S/C10H13N5O2S2/c1-2-11-6-8-5-9(7-18-8)19(16,17)15-10-12-3-4-13-14-10/h3-5,7,11H,2,6H2,1H3,(H,12,14,15). The van der Waals surface area contributed by atoms with Crippen LogP contribution < -0.4 is 10.0 Å². The molecule has 0 atom stereocenters. The van der Waals surface area contributed by atoms with Gasteiger partial charge in [-0.25, -0.2) is 18.1 Å². The topological polar surface area (TPSA) is 96.9 Å². The highest BCUT2D eigenvalue weighted by atomic mass is 32.2. The van der Waals surface area contributed by atoms with Crippen molar-refractivity contribution >= 4 is 27.3 Å². The SMILES string of the molecule is CCNCc1cc(S(=O)(=O)Nc2nccnn2)cs1. The predicted molar refractivity (Wildman–Crippen MR) is 72.3 cm³/mol. The number of sulfonamides is 1. The van der Waals surface area contributed by atoms with Crippen molar-refractivity contribution in [1.82, 2.24) is 20.5 Å². The van der Waals surface area contributed by atoms with Gasteiger partial charge in [0.15, 0.2) is 0 Å². The third kappa shape index (κ3) is 3.69. The summed E-state index contributed by atoms with van der Waals surface area (Å²) in [5.41, 5.74) is 0. The largest absolute Gasteiger partial charge is 0.312 e. The summed E-state index contributed by atoms with van der Waals surface area (Å²) in [5, 5.41) is 11.9. The van der Waals surface area contributed by atoms with Gasteiger partial charge in [-0.2, -0.15) is 5.10 Å². The minimum Gasteiger partial charge on any atom is -0.312 e. The summed E-state index contributed by atoms with van der Waals surface area (Å²) >= 11 is 1.39. The molecule has 0 radical (unpaired) electrons. The zero-order valence-electron chi connectivity index (χ0n) is 10.2. The zero-order valence-corrected chi connectivity index (χ0v) is 11.8. The minimum atomic E-state index is -3.65. The molecule has 0 unspecified atom stereocenters. The van der Waals surface area contributed by atoms with Gasteiger partial charge < -0.3 is 5.32 Å². The Labute approximate surface area is 115 Å². The van der Waals surface area contributed by atoms with Gasteiger partial charge in [0.1, 0.15) is 0 Å². The van der Waals surface area contributed by atoms with E-state index in [0.29, 0.717) is 6.54 Å². The fraction of sp³-hybridized carbons (Fsp3) is 0.300. The molecule has 2 rings (SSSR count). The quantitative estimate of drug-likeness (QED) is 0.820. The molecule has 7 nitrogen and oxygen atoms in total. The van der Waals surface area contributed by atoms with Gasteiger partial charge in [-0.3, -0.25) is 0 Å². The summed E-state index contributed by atoms with van der Waals surface area (Å²) in [5.74, 6) is -0.0399. The maximum atomic E-state index is 12.1. The van der Waals surface area contributed by atoms with E-state index in [1.54, 1.807) is 11.4 Å². The molecule has 19 heavy (non-hydrogen) atoms. The third-order valence-electron chi connectivity index (χ3n) is 2.20. The normalized spacial score (nSPS) is 11.4. The van der Waals surface area contributed by atoms with E-state index in [4.69, 9.17) is 0 Å². The van der Waals surface area contributed by atoms with Crippen molar-refractivity contribution in [2.24, 2.45) is 0 Å². The highest BCUT2D eigenvalue weighted by Gasteiger charge is 2.17. The molecule has 0 aliphatic carbocycles. The van der Waals surface area contributed by atoms with Gasteiger partial charge >= 0.3 is 0 Å². The lowest BCUT2D eigenvalue weighted by molar-refractivity contribution is 0.601. The van der Waals surface area contributed by atoms with Crippen LogP contribution in [0.3, 0.4) is 0 Å². The molecule has 102 valence electrons. The van der Waals surface area contributed by atoms with Crippen LogP contribution in [0.5, 0.6) is 0 Å². The number of thiophene rings is 1. The molecule has 0 amide bonds. The molecule has 0 bridgehead atoms. The van der Waals surface area contributed by atoms with E-state index in [9.17, 15) is 8.42 Å². The van der Waals surface area contributed by atoms with E-state index >= 15 is 0 Å². The Bertz CT molecular complexity index is 626. The van der Waals surface area contributed by atoms with Crippen LogP contribution in [-0.2, 0) is 16.6 Å². The molecule has 2 aromatic heterocycles. The lowest BCUT2D eigenvalue weighted by atomic mass is 10.4. The highest BCUT2D eigenvalue weighted by molar-refractivity contribution is 7.92. The first kappa shape index (κ1) is 13.8. The minimum absolute atomic E-state index is 0.0399. The van der Waals surface area contributed by atoms with E-state index in [0.717, 1.165) is 11.4 Å². The second-order valence-corrected chi connectivity index (χ2v) is 6.28. The average Bonchev–Trinajstić information content (AvgIpc) is 2.86. The van der Waals surface area contributed by atoms with Gasteiger partial charge in [0.25, 0.3) is 16.0 Å². The molecule has 2 heterocycles. The number of aromatic nitrogens is 3. The first-order valence-corrected chi connectivity index (χ1v) is 7.92. The Morgan fingerprint density at radius 1 is 1.37 bits per heavy atom. The monoisotopic (exact) mass is 299 g/mol.